The Bertz CT molecular complexity index is 663. The highest BCUT2D eigenvalue weighted by atomic mass is 16.5. The van der Waals surface area contributed by atoms with E-state index in [0.717, 1.165) is 16.9 Å². The number of hydrogen-bond donors (Lipinski definition) is 1. The van der Waals surface area contributed by atoms with E-state index in [4.69, 9.17) is 9.47 Å². The van der Waals surface area contributed by atoms with Crippen molar-refractivity contribution in [3.05, 3.63) is 65.7 Å². The molecule has 0 heterocycles. The van der Waals surface area contributed by atoms with Gasteiger partial charge in [-0.1, -0.05) is 42.5 Å². The van der Waals surface area contributed by atoms with E-state index in [2.05, 4.69) is 11.4 Å². The molecule has 0 spiro atoms. The number of nitriles is 1. The molecule has 2 aromatic carbocycles. The van der Waals surface area contributed by atoms with Crippen LogP contribution < -0.4 is 10.1 Å². The Morgan fingerprint density at radius 2 is 1.87 bits per heavy atom. The average Bonchev–Trinajstić information content (AvgIpc) is 2.62. The van der Waals surface area contributed by atoms with Crippen LogP contribution in [0.4, 0.5) is 4.79 Å². The lowest BCUT2D eigenvalue weighted by Crippen LogP contribution is -2.28. The minimum atomic E-state index is -0.544. The molecule has 0 aliphatic rings. The molecule has 2 aromatic rings. The summed E-state index contributed by atoms with van der Waals surface area (Å²) >= 11 is 0. The molecular weight excluding hydrogens is 292 g/mol. The molecule has 0 aliphatic carbocycles. The molecule has 1 amide bonds. The second-order valence-corrected chi connectivity index (χ2v) is 4.90. The van der Waals surface area contributed by atoms with E-state index in [1.165, 1.54) is 0 Å². The molecular formula is C18H18N2O3. The molecule has 1 N–H and O–H groups in total. The van der Waals surface area contributed by atoms with E-state index >= 15 is 0 Å². The zero-order chi connectivity index (χ0) is 16.5. The van der Waals surface area contributed by atoms with Gasteiger partial charge in [0.2, 0.25) is 0 Å². The summed E-state index contributed by atoms with van der Waals surface area (Å²) in [5, 5.41) is 11.8. The summed E-state index contributed by atoms with van der Waals surface area (Å²) in [5.74, 6) is 0.350. The maximum atomic E-state index is 11.7. The maximum Gasteiger partial charge on any atom is 0.407 e. The maximum absolute atomic E-state index is 11.7. The summed E-state index contributed by atoms with van der Waals surface area (Å²) in [6.07, 6.45) is -0.544. The Kier molecular flexibility index (Phi) is 6.01. The van der Waals surface area contributed by atoms with E-state index in [9.17, 15) is 10.1 Å². The fraction of sp³-hybridized carbons (Fsp3) is 0.222. The average molecular weight is 310 g/mol. The predicted octanol–water partition coefficient (Wildman–Crippen LogP) is 3.23. The first-order valence-corrected chi connectivity index (χ1v) is 7.21. The molecule has 23 heavy (non-hydrogen) atoms. The summed E-state index contributed by atoms with van der Waals surface area (Å²) in [7, 11) is 1.59. The number of methoxy groups -OCH3 is 1. The molecule has 1 atom stereocenters. The first-order valence-electron chi connectivity index (χ1n) is 7.21. The molecule has 1 unspecified atom stereocenters. The molecule has 0 saturated heterocycles. The quantitative estimate of drug-likeness (QED) is 0.889. The first kappa shape index (κ1) is 16.4. The summed E-state index contributed by atoms with van der Waals surface area (Å²) in [5.41, 5.74) is 1.73. The lowest BCUT2D eigenvalue weighted by atomic mass is 10.0. The lowest BCUT2D eigenvalue weighted by molar-refractivity contribution is 0.139. The van der Waals surface area contributed by atoms with E-state index in [0.29, 0.717) is 0 Å². The van der Waals surface area contributed by atoms with Gasteiger partial charge in [0.1, 0.15) is 12.4 Å². The monoisotopic (exact) mass is 310 g/mol. The van der Waals surface area contributed by atoms with Crippen LogP contribution in [0.15, 0.2) is 54.6 Å². The van der Waals surface area contributed by atoms with Gasteiger partial charge in [-0.3, -0.25) is 0 Å². The van der Waals surface area contributed by atoms with E-state index in [1.54, 1.807) is 19.2 Å². The normalized spacial score (nSPS) is 11.1. The highest BCUT2D eigenvalue weighted by Gasteiger charge is 2.12. The topological polar surface area (TPSA) is 71.3 Å². The third kappa shape index (κ3) is 5.04. The van der Waals surface area contributed by atoms with Crippen LogP contribution in [0.3, 0.4) is 0 Å². The second-order valence-electron chi connectivity index (χ2n) is 4.90. The van der Waals surface area contributed by atoms with Crippen molar-refractivity contribution >= 4 is 6.09 Å². The van der Waals surface area contributed by atoms with E-state index < -0.39 is 12.0 Å². The molecule has 5 nitrogen and oxygen atoms in total. The number of rotatable bonds is 6. The summed E-state index contributed by atoms with van der Waals surface area (Å²) in [6.45, 7) is 0.375. The SMILES string of the molecule is COc1ccc(COC(=O)NCC(C#N)c2ccccc2)cc1. The molecule has 0 bridgehead atoms. The van der Waals surface area contributed by atoms with Gasteiger partial charge in [-0.2, -0.15) is 5.26 Å². The van der Waals surface area contributed by atoms with Crippen LogP contribution in [0.2, 0.25) is 0 Å². The van der Waals surface area contributed by atoms with Crippen molar-refractivity contribution in [2.75, 3.05) is 13.7 Å². The third-order valence-electron chi connectivity index (χ3n) is 3.34. The van der Waals surface area contributed by atoms with Crippen LogP contribution >= 0.6 is 0 Å². The second kappa shape index (κ2) is 8.44. The van der Waals surface area contributed by atoms with Crippen molar-refractivity contribution in [3.8, 4) is 11.8 Å². The van der Waals surface area contributed by atoms with Crippen LogP contribution in [-0.4, -0.2) is 19.7 Å². The Morgan fingerprint density at radius 3 is 2.48 bits per heavy atom. The van der Waals surface area contributed by atoms with E-state index in [-0.39, 0.29) is 13.2 Å². The van der Waals surface area contributed by atoms with Crippen molar-refractivity contribution in [2.24, 2.45) is 0 Å². The zero-order valence-corrected chi connectivity index (χ0v) is 12.9. The molecule has 0 saturated carbocycles. The number of hydrogen-bond acceptors (Lipinski definition) is 4. The molecule has 0 aliphatic heterocycles. The predicted molar refractivity (Wildman–Crippen MR) is 86.0 cm³/mol. The van der Waals surface area contributed by atoms with Gasteiger partial charge >= 0.3 is 6.09 Å². The zero-order valence-electron chi connectivity index (χ0n) is 12.9. The minimum Gasteiger partial charge on any atom is -0.497 e. The smallest absolute Gasteiger partial charge is 0.407 e. The van der Waals surface area contributed by atoms with Gasteiger partial charge in [0.15, 0.2) is 0 Å². The highest BCUT2D eigenvalue weighted by molar-refractivity contribution is 5.67. The standard InChI is InChI=1S/C18H18N2O3/c1-22-17-9-7-14(8-10-17)13-23-18(21)20-12-16(11-19)15-5-3-2-4-6-15/h2-10,16H,12-13H2,1H3,(H,20,21). The van der Waals surface area contributed by atoms with Crippen LogP contribution in [0.5, 0.6) is 5.75 Å². The lowest BCUT2D eigenvalue weighted by Gasteiger charge is -2.11. The van der Waals surface area contributed by atoms with Crippen LogP contribution in [-0.2, 0) is 11.3 Å². The number of amides is 1. The van der Waals surface area contributed by atoms with Gasteiger partial charge in [0.25, 0.3) is 0 Å². The highest BCUT2D eigenvalue weighted by Crippen LogP contribution is 2.14. The first-order chi connectivity index (χ1) is 11.2. The van der Waals surface area contributed by atoms with Gasteiger partial charge in [0, 0.05) is 6.54 Å². The number of nitrogens with zero attached hydrogens (tertiary/aromatic N) is 1. The molecule has 0 fully saturated rings. The molecule has 0 aromatic heterocycles. The number of benzene rings is 2. The number of carbonyl (C=O) groups is 1. The minimum absolute atomic E-state index is 0.165. The van der Waals surface area contributed by atoms with Gasteiger partial charge in [0.05, 0.1) is 19.1 Å². The van der Waals surface area contributed by atoms with Gasteiger partial charge in [-0.25, -0.2) is 4.79 Å². The third-order valence-corrected chi connectivity index (χ3v) is 3.34. The molecule has 2 rings (SSSR count). The Balaban J connectivity index is 1.79. The number of alkyl carbamates (subject to hydrolysis) is 1. The Hall–Kier alpha value is -3.00. The molecule has 118 valence electrons. The van der Waals surface area contributed by atoms with Crippen molar-refractivity contribution in [2.45, 2.75) is 12.5 Å². The van der Waals surface area contributed by atoms with Crippen molar-refractivity contribution < 1.29 is 14.3 Å². The Morgan fingerprint density at radius 1 is 1.17 bits per heavy atom. The summed E-state index contributed by atoms with van der Waals surface area (Å²) < 4.78 is 10.2. The summed E-state index contributed by atoms with van der Waals surface area (Å²) in [6, 6.07) is 18.8. The fourth-order valence-corrected chi connectivity index (χ4v) is 2.03. The van der Waals surface area contributed by atoms with Gasteiger partial charge in [-0.05, 0) is 23.3 Å². The van der Waals surface area contributed by atoms with Crippen LogP contribution in [0.25, 0.3) is 0 Å². The number of carbonyl (C=O) groups excluding carboxylic acids is 1. The summed E-state index contributed by atoms with van der Waals surface area (Å²) in [4.78, 5) is 11.7. The molecule has 0 radical (unpaired) electrons. The molecule has 5 heteroatoms. The Labute approximate surface area is 135 Å². The van der Waals surface area contributed by atoms with Crippen molar-refractivity contribution in [3.63, 3.8) is 0 Å². The fourth-order valence-electron chi connectivity index (χ4n) is 2.03. The van der Waals surface area contributed by atoms with E-state index in [1.807, 2.05) is 42.5 Å². The number of nitrogens with one attached hydrogen (secondary N) is 1. The largest absolute Gasteiger partial charge is 0.497 e. The van der Waals surface area contributed by atoms with Gasteiger partial charge in [-0.15, -0.1) is 0 Å². The van der Waals surface area contributed by atoms with Gasteiger partial charge < -0.3 is 14.8 Å². The number of ether oxygens (including phenoxy) is 2. The van der Waals surface area contributed by atoms with Crippen LogP contribution in [0.1, 0.15) is 17.0 Å². The van der Waals surface area contributed by atoms with Crippen molar-refractivity contribution in [1.29, 1.82) is 5.26 Å². The van der Waals surface area contributed by atoms with Crippen LogP contribution in [0, 0.1) is 11.3 Å². The van der Waals surface area contributed by atoms with Crippen molar-refractivity contribution in [1.82, 2.24) is 5.32 Å².